The lowest BCUT2D eigenvalue weighted by Crippen LogP contribution is -2.58. The van der Waals surface area contributed by atoms with Gasteiger partial charge >= 0.3 is 0 Å². The molecule has 0 saturated carbocycles. The summed E-state index contributed by atoms with van der Waals surface area (Å²) in [5.74, 6) is -1.35. The van der Waals surface area contributed by atoms with Crippen molar-refractivity contribution in [2.75, 3.05) is 12.3 Å². The molecule has 1 fully saturated rings. The highest BCUT2D eigenvalue weighted by molar-refractivity contribution is 8.13. The Morgan fingerprint density at radius 1 is 1.07 bits per heavy atom. The summed E-state index contributed by atoms with van der Waals surface area (Å²) in [6.45, 7) is 10.5. The number of carbonyl (C=O) groups excluding carboxylic acids is 5. The molecule has 0 aromatic heterocycles. The van der Waals surface area contributed by atoms with Gasteiger partial charge in [-0.1, -0.05) is 68.6 Å². The van der Waals surface area contributed by atoms with E-state index < -0.39 is 47.9 Å². The summed E-state index contributed by atoms with van der Waals surface area (Å²) in [6.07, 6.45) is 3.49. The molecular formula is C29H40N4O6S. The van der Waals surface area contributed by atoms with Crippen molar-refractivity contribution in [3.63, 3.8) is 0 Å². The molecule has 1 aromatic carbocycles. The Kier molecular flexibility index (Phi) is 13.4. The third-order valence-electron chi connectivity index (χ3n) is 6.04. The van der Waals surface area contributed by atoms with Gasteiger partial charge in [-0.3, -0.25) is 24.0 Å². The van der Waals surface area contributed by atoms with Crippen LogP contribution in [0.1, 0.15) is 46.1 Å². The van der Waals surface area contributed by atoms with Gasteiger partial charge in [-0.15, -0.1) is 0 Å². The molecular weight excluding hydrogens is 532 g/mol. The van der Waals surface area contributed by atoms with E-state index in [1.807, 2.05) is 50.3 Å². The second kappa shape index (κ2) is 16.5. The van der Waals surface area contributed by atoms with Crippen molar-refractivity contribution < 1.29 is 28.7 Å². The van der Waals surface area contributed by atoms with Crippen molar-refractivity contribution in [1.29, 1.82) is 0 Å². The summed E-state index contributed by atoms with van der Waals surface area (Å²) < 4.78 is 5.84. The standard InChI is InChI=1S/C29H40N4O6S/c1-18(2)26-29(38)30-17-19(3)39-23(13-9-10-14-40-21(5)34)16-25(35)31-20(4)27(36)32-24(28(37)33-26)15-22-11-7-6-8-12-22/h6-9,11-13,18,20,23-24,26H,3,10,14-17H2,1-2,4-5H3,(H,30,38)(H,31,35)(H,32,36)(H,33,37)/b13-9+/t20-,23-,24-,26-/m1/s1. The van der Waals surface area contributed by atoms with Crippen LogP contribution in [0.25, 0.3) is 0 Å². The van der Waals surface area contributed by atoms with Gasteiger partial charge < -0.3 is 26.0 Å². The van der Waals surface area contributed by atoms with Gasteiger partial charge in [-0.2, -0.15) is 0 Å². The van der Waals surface area contributed by atoms with Crippen LogP contribution in [0.15, 0.2) is 54.8 Å². The zero-order chi connectivity index (χ0) is 29.7. The Labute approximate surface area is 240 Å². The van der Waals surface area contributed by atoms with E-state index in [2.05, 4.69) is 27.8 Å². The van der Waals surface area contributed by atoms with Crippen LogP contribution >= 0.6 is 11.8 Å². The molecule has 1 aliphatic heterocycles. The van der Waals surface area contributed by atoms with Gasteiger partial charge in [0.2, 0.25) is 23.6 Å². The van der Waals surface area contributed by atoms with Crippen LogP contribution < -0.4 is 21.3 Å². The number of allylic oxidation sites excluding steroid dienone is 1. The quantitative estimate of drug-likeness (QED) is 0.289. The van der Waals surface area contributed by atoms with Gasteiger partial charge in [0.05, 0.1) is 13.0 Å². The molecule has 1 saturated heterocycles. The van der Waals surface area contributed by atoms with Crippen LogP contribution in [0.2, 0.25) is 0 Å². The van der Waals surface area contributed by atoms with Crippen LogP contribution in [-0.2, 0) is 35.1 Å². The number of amides is 4. The molecule has 1 aromatic rings. The Morgan fingerprint density at radius 2 is 1.77 bits per heavy atom. The molecule has 1 aliphatic rings. The van der Waals surface area contributed by atoms with Gasteiger partial charge in [-0.05, 0) is 30.9 Å². The van der Waals surface area contributed by atoms with E-state index in [0.717, 1.165) is 5.56 Å². The first-order valence-electron chi connectivity index (χ1n) is 13.3. The molecule has 40 heavy (non-hydrogen) atoms. The minimum atomic E-state index is -0.974. The molecule has 0 unspecified atom stereocenters. The van der Waals surface area contributed by atoms with Gasteiger partial charge in [-0.25, -0.2) is 0 Å². The van der Waals surface area contributed by atoms with Crippen molar-refractivity contribution in [2.24, 2.45) is 5.92 Å². The van der Waals surface area contributed by atoms with Gasteiger partial charge in [0, 0.05) is 19.1 Å². The highest BCUT2D eigenvalue weighted by Gasteiger charge is 2.30. The smallest absolute Gasteiger partial charge is 0.243 e. The number of benzene rings is 1. The van der Waals surface area contributed by atoms with Gasteiger partial charge in [0.1, 0.15) is 30.0 Å². The summed E-state index contributed by atoms with van der Waals surface area (Å²) >= 11 is 1.20. The van der Waals surface area contributed by atoms with E-state index in [0.29, 0.717) is 12.2 Å². The number of carbonyl (C=O) groups is 5. The lowest BCUT2D eigenvalue weighted by atomic mass is 10.0. The number of hydrogen-bond donors (Lipinski definition) is 4. The fourth-order valence-corrected chi connectivity index (χ4v) is 4.45. The summed E-state index contributed by atoms with van der Waals surface area (Å²) in [5.41, 5.74) is 0.823. The maximum atomic E-state index is 13.3. The average Bonchev–Trinajstić information content (AvgIpc) is 2.89. The first-order valence-corrected chi connectivity index (χ1v) is 14.3. The molecule has 2 rings (SSSR count). The van der Waals surface area contributed by atoms with Crippen LogP contribution in [0.5, 0.6) is 0 Å². The maximum Gasteiger partial charge on any atom is 0.243 e. The number of rotatable bonds is 7. The van der Waals surface area contributed by atoms with Crippen molar-refractivity contribution >= 4 is 40.5 Å². The monoisotopic (exact) mass is 572 g/mol. The molecule has 0 spiro atoms. The number of thioether (sulfide) groups is 1. The zero-order valence-electron chi connectivity index (χ0n) is 23.5. The predicted molar refractivity (Wildman–Crippen MR) is 155 cm³/mol. The Bertz CT molecular complexity index is 1090. The van der Waals surface area contributed by atoms with Gasteiger partial charge in [0.25, 0.3) is 0 Å². The molecule has 218 valence electrons. The minimum Gasteiger partial charge on any atom is -0.489 e. The van der Waals surface area contributed by atoms with E-state index in [-0.39, 0.29) is 36.2 Å². The highest BCUT2D eigenvalue weighted by Crippen LogP contribution is 2.11. The summed E-state index contributed by atoms with van der Waals surface area (Å²) in [6, 6.07) is 6.43. The molecule has 1 heterocycles. The zero-order valence-corrected chi connectivity index (χ0v) is 24.3. The topological polar surface area (TPSA) is 143 Å². The fourth-order valence-electron chi connectivity index (χ4n) is 3.91. The van der Waals surface area contributed by atoms with E-state index in [4.69, 9.17) is 4.74 Å². The normalized spacial score (nSPS) is 23.7. The molecule has 11 heteroatoms. The lowest BCUT2D eigenvalue weighted by molar-refractivity contribution is -0.134. The third kappa shape index (κ3) is 11.6. The average molecular weight is 573 g/mol. The van der Waals surface area contributed by atoms with Crippen LogP contribution in [-0.4, -0.2) is 65.3 Å². The predicted octanol–water partition coefficient (Wildman–Crippen LogP) is 2.00. The van der Waals surface area contributed by atoms with E-state index >= 15 is 0 Å². The fraction of sp³-hybridized carbons (Fsp3) is 0.483. The summed E-state index contributed by atoms with van der Waals surface area (Å²) in [5, 5.41) is 10.9. The molecule has 0 bridgehead atoms. The lowest BCUT2D eigenvalue weighted by Gasteiger charge is -2.27. The first kappa shape index (κ1) is 32.6. The Hall–Kier alpha value is -3.60. The largest absolute Gasteiger partial charge is 0.489 e. The van der Waals surface area contributed by atoms with Crippen LogP contribution in [0, 0.1) is 5.92 Å². The molecule has 0 aliphatic carbocycles. The molecule has 10 nitrogen and oxygen atoms in total. The van der Waals surface area contributed by atoms with Crippen molar-refractivity contribution in [2.45, 2.75) is 71.2 Å². The third-order valence-corrected chi connectivity index (χ3v) is 6.88. The van der Waals surface area contributed by atoms with E-state index in [1.54, 1.807) is 6.08 Å². The number of nitrogens with one attached hydrogen (secondary N) is 4. The first-order chi connectivity index (χ1) is 19.0. The molecule has 4 N–H and O–H groups in total. The summed E-state index contributed by atoms with van der Waals surface area (Å²) in [7, 11) is 0. The SMILES string of the molecule is C=C1CNC(=O)[C@@H](C(C)C)NC(=O)[C@@H](Cc2ccccc2)NC(=O)[C@@H](C)NC(=O)C[C@@H](/C=C/CCSC(C)=O)O1. The van der Waals surface area contributed by atoms with Crippen molar-refractivity contribution in [1.82, 2.24) is 21.3 Å². The number of hydrogen-bond acceptors (Lipinski definition) is 7. The maximum absolute atomic E-state index is 13.3. The Morgan fingerprint density at radius 3 is 2.42 bits per heavy atom. The molecule has 4 atom stereocenters. The second-order valence-corrected chi connectivity index (χ2v) is 11.2. The van der Waals surface area contributed by atoms with Crippen molar-refractivity contribution in [3.8, 4) is 0 Å². The van der Waals surface area contributed by atoms with Crippen molar-refractivity contribution in [3.05, 3.63) is 60.4 Å². The minimum absolute atomic E-state index is 0.0204. The van der Waals surface area contributed by atoms with Crippen LogP contribution in [0.3, 0.4) is 0 Å². The van der Waals surface area contributed by atoms with Crippen LogP contribution in [0.4, 0.5) is 0 Å². The molecule has 0 radical (unpaired) electrons. The Balaban J connectivity index is 2.28. The van der Waals surface area contributed by atoms with Gasteiger partial charge in [0.15, 0.2) is 5.12 Å². The summed E-state index contributed by atoms with van der Waals surface area (Å²) in [4.78, 5) is 63.3. The number of ether oxygens (including phenoxy) is 1. The van der Waals surface area contributed by atoms with E-state index in [1.165, 1.54) is 25.6 Å². The highest BCUT2D eigenvalue weighted by atomic mass is 32.2. The second-order valence-electron chi connectivity index (χ2n) is 9.94. The molecule has 4 amide bonds. The van der Waals surface area contributed by atoms with E-state index in [9.17, 15) is 24.0 Å².